The van der Waals surface area contributed by atoms with Crippen LogP contribution in [0.5, 0.6) is 0 Å². The van der Waals surface area contributed by atoms with E-state index in [0.29, 0.717) is 7.05 Å². The second-order valence-corrected chi connectivity index (χ2v) is 5.83. The summed E-state index contributed by atoms with van der Waals surface area (Å²) in [5.74, 6) is 0. The third kappa shape index (κ3) is 6.11. The molecule has 0 amide bonds. The maximum Gasteiger partial charge on any atom is 0.403 e. The molecule has 0 bridgehead atoms. The SMILES string of the molecule is CCC(CC(F)(F)F)(CC(F)(F)F)N(C)P(=O)(O)O. The molecule has 11 heteroatoms. The molecule has 0 aliphatic rings. The molecular weight excluding hydrogens is 303 g/mol. The molecule has 0 radical (unpaired) electrons. The summed E-state index contributed by atoms with van der Waals surface area (Å²) in [7, 11) is -4.68. The van der Waals surface area contributed by atoms with Gasteiger partial charge < -0.3 is 9.79 Å². The first-order chi connectivity index (χ1) is 8.13. The molecular formula is C8H14F6NO3P. The maximum absolute atomic E-state index is 12.4. The molecule has 0 rings (SSSR count). The van der Waals surface area contributed by atoms with E-state index in [2.05, 4.69) is 0 Å². The molecule has 0 aromatic carbocycles. The van der Waals surface area contributed by atoms with Crippen LogP contribution in [0.4, 0.5) is 26.3 Å². The summed E-state index contributed by atoms with van der Waals surface area (Å²) in [6.07, 6.45) is -14.6. The molecule has 0 aliphatic carbocycles. The number of alkyl halides is 6. The van der Waals surface area contributed by atoms with Crippen molar-refractivity contribution in [2.24, 2.45) is 0 Å². The van der Waals surface area contributed by atoms with Gasteiger partial charge in [-0.2, -0.15) is 26.3 Å². The van der Waals surface area contributed by atoms with Crippen molar-refractivity contribution >= 4 is 7.75 Å². The largest absolute Gasteiger partial charge is 0.403 e. The molecule has 4 nitrogen and oxygen atoms in total. The lowest BCUT2D eigenvalue weighted by Crippen LogP contribution is -2.50. The van der Waals surface area contributed by atoms with Gasteiger partial charge in [-0.1, -0.05) is 6.92 Å². The zero-order valence-corrected chi connectivity index (χ0v) is 11.0. The van der Waals surface area contributed by atoms with Gasteiger partial charge in [0, 0.05) is 5.54 Å². The molecule has 0 atom stereocenters. The normalized spacial score (nSPS) is 15.1. The summed E-state index contributed by atoms with van der Waals surface area (Å²) in [6, 6.07) is 0. The highest BCUT2D eigenvalue weighted by atomic mass is 31.2. The Morgan fingerprint density at radius 3 is 1.47 bits per heavy atom. The highest BCUT2D eigenvalue weighted by molar-refractivity contribution is 7.49. The lowest BCUT2D eigenvalue weighted by Gasteiger charge is -2.41. The topological polar surface area (TPSA) is 60.8 Å². The second kappa shape index (κ2) is 5.59. The van der Waals surface area contributed by atoms with Gasteiger partial charge >= 0.3 is 20.1 Å². The molecule has 0 spiro atoms. The lowest BCUT2D eigenvalue weighted by atomic mass is 9.87. The van der Waals surface area contributed by atoms with Crippen LogP contribution in [0.15, 0.2) is 0 Å². The molecule has 0 saturated heterocycles. The third-order valence-corrected chi connectivity index (χ3v) is 4.00. The summed E-state index contributed by atoms with van der Waals surface area (Å²) >= 11 is 0. The van der Waals surface area contributed by atoms with E-state index in [1.165, 1.54) is 0 Å². The number of nitrogens with zero attached hydrogens (tertiary/aromatic N) is 1. The van der Waals surface area contributed by atoms with Gasteiger partial charge in [0.1, 0.15) is 0 Å². The summed E-state index contributed by atoms with van der Waals surface area (Å²) < 4.78 is 85.3. The Morgan fingerprint density at radius 2 is 1.32 bits per heavy atom. The molecule has 0 saturated carbocycles. The Labute approximate surface area is 105 Å². The van der Waals surface area contributed by atoms with Gasteiger partial charge in [0.15, 0.2) is 0 Å². The van der Waals surface area contributed by atoms with Crippen molar-refractivity contribution in [1.29, 1.82) is 0 Å². The van der Waals surface area contributed by atoms with Crippen molar-refractivity contribution in [1.82, 2.24) is 4.67 Å². The van der Waals surface area contributed by atoms with Crippen LogP contribution >= 0.6 is 7.75 Å². The zero-order chi connectivity index (χ0) is 15.7. The quantitative estimate of drug-likeness (QED) is 0.604. The molecule has 0 aromatic rings. The molecule has 0 aromatic heterocycles. The fraction of sp³-hybridized carbons (Fsp3) is 1.00. The molecule has 0 heterocycles. The molecule has 2 N–H and O–H groups in total. The monoisotopic (exact) mass is 317 g/mol. The number of rotatable bonds is 5. The fourth-order valence-electron chi connectivity index (χ4n) is 1.79. The number of hydrogen-bond acceptors (Lipinski definition) is 1. The lowest BCUT2D eigenvalue weighted by molar-refractivity contribution is -0.192. The Balaban J connectivity index is 5.61. The van der Waals surface area contributed by atoms with Gasteiger partial charge in [-0.05, 0) is 13.5 Å². The van der Waals surface area contributed by atoms with E-state index in [-0.39, 0.29) is 4.67 Å². The van der Waals surface area contributed by atoms with Crippen molar-refractivity contribution in [2.75, 3.05) is 7.05 Å². The minimum absolute atomic E-state index is 0.138. The molecule has 116 valence electrons. The van der Waals surface area contributed by atoms with Crippen LogP contribution in [0.3, 0.4) is 0 Å². The van der Waals surface area contributed by atoms with Crippen LogP contribution in [0.2, 0.25) is 0 Å². The van der Waals surface area contributed by atoms with Crippen LogP contribution in [-0.4, -0.2) is 39.4 Å². The molecule has 0 aliphatic heterocycles. The van der Waals surface area contributed by atoms with Crippen molar-refractivity contribution in [3.63, 3.8) is 0 Å². The molecule has 0 fully saturated rings. The van der Waals surface area contributed by atoms with E-state index in [1.807, 2.05) is 0 Å². The number of halogens is 6. The van der Waals surface area contributed by atoms with Crippen LogP contribution in [0.1, 0.15) is 26.2 Å². The van der Waals surface area contributed by atoms with E-state index in [0.717, 1.165) is 6.92 Å². The minimum Gasteiger partial charge on any atom is -0.312 e. The van der Waals surface area contributed by atoms with Crippen LogP contribution in [-0.2, 0) is 4.57 Å². The second-order valence-electron chi connectivity index (χ2n) is 4.20. The predicted molar refractivity (Wildman–Crippen MR) is 54.2 cm³/mol. The van der Waals surface area contributed by atoms with Crippen LogP contribution in [0, 0.1) is 0 Å². The van der Waals surface area contributed by atoms with E-state index in [4.69, 9.17) is 9.79 Å². The van der Waals surface area contributed by atoms with Gasteiger partial charge in [-0.15, -0.1) is 0 Å². The van der Waals surface area contributed by atoms with E-state index >= 15 is 0 Å². The van der Waals surface area contributed by atoms with Crippen LogP contribution < -0.4 is 0 Å². The first kappa shape index (κ1) is 18.7. The Kier molecular flexibility index (Phi) is 5.50. The summed E-state index contributed by atoms with van der Waals surface area (Å²) in [5, 5.41) is 0. The Bertz CT molecular complexity index is 333. The van der Waals surface area contributed by atoms with Crippen molar-refractivity contribution in [3.8, 4) is 0 Å². The van der Waals surface area contributed by atoms with Crippen molar-refractivity contribution in [2.45, 2.75) is 44.1 Å². The van der Waals surface area contributed by atoms with Gasteiger partial charge in [0.05, 0.1) is 12.8 Å². The van der Waals surface area contributed by atoms with Crippen molar-refractivity contribution < 1.29 is 40.7 Å². The molecule has 19 heavy (non-hydrogen) atoms. The maximum atomic E-state index is 12.4. The summed E-state index contributed by atoms with van der Waals surface area (Å²) in [6.45, 7) is 1.02. The average molecular weight is 317 g/mol. The highest BCUT2D eigenvalue weighted by Gasteiger charge is 2.53. The molecule has 0 unspecified atom stereocenters. The van der Waals surface area contributed by atoms with Gasteiger partial charge in [-0.25, -0.2) is 9.24 Å². The standard InChI is InChI=1S/C8H14F6NO3P/c1-3-6(4-7(9,10)11,5-8(12,13)14)15(2)19(16,17)18/h3-5H2,1-2H3,(H2,16,17,18). The first-order valence-electron chi connectivity index (χ1n) is 5.06. The van der Waals surface area contributed by atoms with Gasteiger partial charge in [0.25, 0.3) is 0 Å². The smallest absolute Gasteiger partial charge is 0.312 e. The highest BCUT2D eigenvalue weighted by Crippen LogP contribution is 2.51. The predicted octanol–water partition coefficient (Wildman–Crippen LogP) is 3.06. The average Bonchev–Trinajstić information content (AvgIpc) is 2.09. The first-order valence-corrected chi connectivity index (χ1v) is 6.63. The Hall–Kier alpha value is -0.310. The zero-order valence-electron chi connectivity index (χ0n) is 10.1. The summed E-state index contributed by atoms with van der Waals surface area (Å²) in [4.78, 5) is 17.7. The van der Waals surface area contributed by atoms with Gasteiger partial charge in [-0.3, -0.25) is 0 Å². The van der Waals surface area contributed by atoms with E-state index in [1.54, 1.807) is 0 Å². The van der Waals surface area contributed by atoms with E-state index < -0.39 is 44.9 Å². The van der Waals surface area contributed by atoms with Crippen LogP contribution in [0.25, 0.3) is 0 Å². The third-order valence-electron chi connectivity index (χ3n) is 2.79. The van der Waals surface area contributed by atoms with Gasteiger partial charge in [0.2, 0.25) is 0 Å². The fourth-order valence-corrected chi connectivity index (χ4v) is 2.63. The Morgan fingerprint density at radius 1 is 1.00 bits per heavy atom. The number of hydrogen-bond donors (Lipinski definition) is 2. The minimum atomic E-state index is -5.23. The summed E-state index contributed by atoms with van der Waals surface area (Å²) in [5.41, 5.74) is -2.73. The van der Waals surface area contributed by atoms with E-state index in [9.17, 15) is 30.9 Å². The van der Waals surface area contributed by atoms with Crippen molar-refractivity contribution in [3.05, 3.63) is 0 Å².